The number of ether oxygens (including phenoxy) is 7. The van der Waals surface area contributed by atoms with Gasteiger partial charge in [-0.3, -0.25) is 24.3 Å². The highest BCUT2D eigenvalue weighted by Crippen LogP contribution is 2.38. The molecule has 6 atom stereocenters. The fourth-order valence-electron chi connectivity index (χ4n) is 12.1. The van der Waals surface area contributed by atoms with Crippen LogP contribution in [0.4, 0.5) is 9.59 Å². The monoisotopic (exact) mass is 1870 g/mol. The number of nitrogens with one attached hydrogen (secondary N) is 7. The molecule has 0 spiro atoms. The maximum absolute atomic E-state index is 12.8. The van der Waals surface area contributed by atoms with Gasteiger partial charge >= 0.3 is 25.3 Å². The number of thiophene rings is 3. The van der Waals surface area contributed by atoms with Crippen LogP contribution in [0.25, 0.3) is 51.8 Å². The third-order valence-electron chi connectivity index (χ3n) is 19.1. The molecular weight excluding hydrogens is 1760 g/mol. The van der Waals surface area contributed by atoms with E-state index in [1.165, 1.54) is 72.9 Å². The van der Waals surface area contributed by atoms with E-state index in [0.29, 0.717) is 78.3 Å². The zero-order valence-corrected chi connectivity index (χ0v) is 78.7. The fraction of sp³-hybridized carbons (Fsp3) is 0.588. The molecule has 16 heterocycles. The maximum atomic E-state index is 12.8. The highest BCUT2D eigenvalue weighted by molar-refractivity contribution is 9.11. The average Bonchev–Trinajstić information content (AvgIpc) is 1.63. The maximum Gasteiger partial charge on any atom is 0.518 e. The van der Waals surface area contributed by atoms with Crippen molar-refractivity contribution in [2.45, 2.75) is 254 Å². The number of fused-ring (bicyclic) bond motifs is 3. The minimum Gasteiger partial charge on any atom is -0.502 e. The Labute approximate surface area is 750 Å². The van der Waals surface area contributed by atoms with Gasteiger partial charge in [-0.2, -0.15) is 60.4 Å². The van der Waals surface area contributed by atoms with Crippen molar-refractivity contribution >= 4 is 124 Å². The van der Waals surface area contributed by atoms with E-state index >= 15 is 0 Å². The second-order valence-electron chi connectivity index (χ2n) is 33.1. The number of rotatable bonds is 15. The van der Waals surface area contributed by atoms with E-state index in [2.05, 4.69) is 122 Å². The fourth-order valence-corrected chi connectivity index (χ4v) is 15.4. The van der Waals surface area contributed by atoms with Crippen molar-refractivity contribution in [1.29, 1.82) is 0 Å². The molecule has 0 saturated carbocycles. The highest BCUT2D eigenvalue weighted by atomic mass is 79.9. The Kier molecular flexibility index (Phi) is 38.1. The molecule has 0 radical (unpaired) electrons. The van der Waals surface area contributed by atoms with E-state index < -0.39 is 42.6 Å². The first-order chi connectivity index (χ1) is 58.9. The Morgan fingerprint density at radius 1 is 0.616 bits per heavy atom. The van der Waals surface area contributed by atoms with Crippen molar-refractivity contribution in [3.63, 3.8) is 0 Å². The molecule has 0 bridgehead atoms. The van der Waals surface area contributed by atoms with Crippen LogP contribution in [0.3, 0.4) is 0 Å². The van der Waals surface area contributed by atoms with Crippen LogP contribution in [-0.2, 0) is 47.3 Å². The first-order valence-corrected chi connectivity index (χ1v) is 44.6. The van der Waals surface area contributed by atoms with E-state index in [9.17, 15) is 28.8 Å². The molecule has 3 unspecified atom stereocenters. The lowest BCUT2D eigenvalue weighted by atomic mass is 9.86. The quantitative estimate of drug-likeness (QED) is 0.0268. The molecule has 682 valence electrons. The number of carbonyl (C=O) groups excluding carboxylic acids is 3. The number of hydrogen-bond donors (Lipinski definition) is 8. The Hall–Kier alpha value is -9.64. The lowest BCUT2D eigenvalue weighted by Crippen LogP contribution is -2.41. The lowest BCUT2D eigenvalue weighted by molar-refractivity contribution is -0.140. The molecule has 2 amide bonds. The zero-order chi connectivity index (χ0) is 90.1. The first kappa shape index (κ1) is 101. The molecular formula is C80H117BBrClN24O15S3. The van der Waals surface area contributed by atoms with Gasteiger partial charge in [0.05, 0.1) is 110 Å². The number of amides is 2. The summed E-state index contributed by atoms with van der Waals surface area (Å²) in [4.78, 5) is 103. The topological polar surface area (TPSA) is 497 Å². The second-order valence-corrected chi connectivity index (χ2v) is 37.7. The summed E-state index contributed by atoms with van der Waals surface area (Å²) < 4.78 is 51.2. The molecule has 0 aliphatic carbocycles. The Balaban J connectivity index is 0.000000188. The third-order valence-corrected chi connectivity index (χ3v) is 23.0. The van der Waals surface area contributed by atoms with Crippen LogP contribution in [0.2, 0.25) is 0 Å². The van der Waals surface area contributed by atoms with E-state index in [0.717, 1.165) is 84.7 Å². The number of nitrogens with zero attached hydrogens (tertiary/aromatic N) is 16. The molecule has 45 heteroatoms. The number of carbonyl (C=O) groups is 3. The van der Waals surface area contributed by atoms with Crippen LogP contribution in [0, 0.1) is 17.8 Å². The third kappa shape index (κ3) is 30.6. The molecule has 0 aromatic carbocycles. The van der Waals surface area contributed by atoms with Crippen LogP contribution in [0.5, 0.6) is 0 Å². The Morgan fingerprint density at radius 2 is 1.10 bits per heavy atom. The number of H-pyrrole nitrogens is 5. The average molecular weight is 1880 g/mol. The van der Waals surface area contributed by atoms with E-state index in [-0.39, 0.29) is 88.7 Å². The van der Waals surface area contributed by atoms with Crippen molar-refractivity contribution in [1.82, 2.24) is 116 Å². The van der Waals surface area contributed by atoms with Gasteiger partial charge in [0.25, 0.3) is 16.7 Å². The number of aromatic nitrogens is 21. The molecule has 5 aliphatic rings. The van der Waals surface area contributed by atoms with Crippen LogP contribution in [-0.4, -0.2) is 186 Å². The summed E-state index contributed by atoms with van der Waals surface area (Å²) in [6, 6.07) is 4.22. The Morgan fingerprint density at radius 3 is 1.49 bits per heavy atom. The molecule has 4 saturated heterocycles. The predicted molar refractivity (Wildman–Crippen MR) is 481 cm³/mol. The van der Waals surface area contributed by atoms with E-state index in [1.54, 1.807) is 106 Å². The zero-order valence-electron chi connectivity index (χ0n) is 73.9. The summed E-state index contributed by atoms with van der Waals surface area (Å²) in [6.45, 7) is 37.5. The van der Waals surface area contributed by atoms with Gasteiger partial charge in [0.15, 0.2) is 18.7 Å². The highest BCUT2D eigenvalue weighted by Gasteiger charge is 2.53. The van der Waals surface area contributed by atoms with Gasteiger partial charge in [-0.25, -0.2) is 29.5 Å². The van der Waals surface area contributed by atoms with Crippen molar-refractivity contribution in [3.8, 4) is 21.1 Å². The first-order valence-electron chi connectivity index (χ1n) is 41.3. The molecule has 125 heavy (non-hydrogen) atoms. The number of hydrogen-bond acceptors (Lipinski definition) is 32. The normalized spacial score (nSPS) is 17.8. The van der Waals surface area contributed by atoms with Crippen LogP contribution >= 0.6 is 62.3 Å². The van der Waals surface area contributed by atoms with E-state index in [4.69, 9.17) is 43.5 Å². The molecule has 39 nitrogen and oxygen atoms in total. The molecule has 9 N–H and O–H groups in total. The van der Waals surface area contributed by atoms with Crippen molar-refractivity contribution in [2.24, 2.45) is 23.5 Å². The number of esters is 1. The minimum absolute atomic E-state index is 0. The molecule has 16 rings (SSSR count). The summed E-state index contributed by atoms with van der Waals surface area (Å²) in [5, 5.41) is 47.7. The second kappa shape index (κ2) is 47.3. The number of aromatic amines is 5. The Bertz CT molecular complexity index is 5290. The number of nitrogens with two attached hydrogens (primary N) is 1. The summed E-state index contributed by atoms with van der Waals surface area (Å²) in [5.41, 5.74) is 7.35. The molecule has 4 fully saturated rings. The SMILES string of the molecule is C1=COCCC1.CC(C)[C@H](N)c1nc2cc(-c3cn[nH]n3)sc2c(=O)[nH]1.CC(C)[C@H](NC(=O)OC(C)(C)C)c1nc2cc(-c3cnn(C4CCCCO4)n3)sc2c(=O)[nH]1.CC(C)[C@H](NC(=O)OC(C)(C)C)c1nc2cc(Br)sc2c(=O)[nH]1.CC1(C)OB(c2cnn(C3CCCCO3)n2)OC1(C)C.CCOC(C)=O.Cl.c1cnn(C2CCCCO2)n1.c1nc[nH]n1. The summed E-state index contributed by atoms with van der Waals surface area (Å²) >= 11 is 7.34. The molecule has 11 aromatic rings. The van der Waals surface area contributed by atoms with Gasteiger partial charge in [-0.05, 0) is 205 Å². The molecule has 11 aromatic heterocycles. The van der Waals surface area contributed by atoms with E-state index in [1.807, 2.05) is 87.4 Å². The van der Waals surface area contributed by atoms with Gasteiger partial charge in [-0.15, -0.1) is 51.5 Å². The van der Waals surface area contributed by atoms with Gasteiger partial charge in [0.1, 0.15) is 72.4 Å². The van der Waals surface area contributed by atoms with Gasteiger partial charge < -0.3 is 73.8 Å². The van der Waals surface area contributed by atoms with Crippen molar-refractivity contribution < 1.29 is 56.9 Å². The summed E-state index contributed by atoms with van der Waals surface area (Å²) in [7, 11) is -0.461. The summed E-state index contributed by atoms with van der Waals surface area (Å²) in [5.74, 6) is 1.33. The van der Waals surface area contributed by atoms with Crippen LogP contribution < -0.4 is 38.6 Å². The largest absolute Gasteiger partial charge is 0.518 e. The number of alkyl carbamates (subject to hydrolysis) is 2. The lowest BCUT2D eigenvalue weighted by Gasteiger charge is -2.32. The smallest absolute Gasteiger partial charge is 0.502 e. The summed E-state index contributed by atoms with van der Waals surface area (Å²) in [6.07, 6.45) is 25.9. The minimum atomic E-state index is -0.626. The predicted octanol–water partition coefficient (Wildman–Crippen LogP) is 13.9. The van der Waals surface area contributed by atoms with Gasteiger partial charge in [-0.1, -0.05) is 41.5 Å². The molecule has 5 aliphatic heterocycles. The van der Waals surface area contributed by atoms with Crippen LogP contribution in [0.1, 0.15) is 250 Å². The van der Waals surface area contributed by atoms with Crippen molar-refractivity contribution in [2.75, 3.05) is 33.0 Å². The van der Waals surface area contributed by atoms with Gasteiger partial charge in [0.2, 0.25) is 0 Å². The number of halogens is 2. The van der Waals surface area contributed by atoms with Crippen molar-refractivity contribution in [3.05, 3.63) is 126 Å². The standard InChI is InChI=1S/C22H30N6O4S.C15H20BrN3O3S.C13H22BN3O3.C12H14N6OS.C7H11N3O.C5H8O.C4H8O2.C2H3N3.ClH/c1-12(2)17(25-21(30)32-22(3,4)5)19-24-13-10-15(33-18(13)20(29)26-19)14-11-23-28(27-14)16-8-6-7-9-31-16;1-7(2)10(18-14(21)22-15(3,4)5)12-17-8-6-9(16)23-11(8)13(20)19-12;1-12(2)13(3,4)20-14(19-12)10-9-15-17(16-10)11-7-5-6-8-18-11;1-5(2)9(13)11-15-6-3-8(7-4-14-18-17-7)20-10(6)12(19)16-11;1-2-6-11-7(3-1)10-8-4-5-9-10;1-2-4-6-5-3-1;1-3-6-4(2)5;1-3-2-5-4-1;/h10-12,16-17H,6-9H2,1-5H3,(H,25,30)(H,24,26,29);6-7,10H,1-5H3,(H,18,21)(H,17,19,20);9,11H,5-8H2,1-4H3;3-5,9H,13H2,1-2H3,(H,14,17,18)(H,15,16,19);4-5,7H,1-3,6H2;2,4H,1,3,5H2;3H2,1-2H3;1-2H,(H,3,4,5);1H/t16?,17-;10-;;9-;;;;;/m00.0...../s1. The number of allylic oxidation sites excluding steroid dienone is 1. The van der Waals surface area contributed by atoms with Gasteiger partial charge in [0, 0.05) is 26.7 Å². The van der Waals surface area contributed by atoms with Crippen LogP contribution in [0.15, 0.2) is 92.3 Å².